The molecule has 0 heterocycles. The molecule has 1 amide bonds. The minimum absolute atomic E-state index is 0.0626. The van der Waals surface area contributed by atoms with E-state index >= 15 is 0 Å². The molecule has 3 aromatic rings. The molecule has 36 heavy (non-hydrogen) atoms. The largest absolute Gasteiger partial charge is 0.492 e. The lowest BCUT2D eigenvalue weighted by molar-refractivity contribution is -0.119. The van der Waals surface area contributed by atoms with Crippen molar-refractivity contribution < 1.29 is 17.9 Å². The smallest absolute Gasteiger partial charge is 0.264 e. The summed E-state index contributed by atoms with van der Waals surface area (Å²) in [7, 11) is -3.95. The molecule has 0 bridgehead atoms. The van der Waals surface area contributed by atoms with Crippen LogP contribution in [0.3, 0.4) is 0 Å². The molecule has 7 heteroatoms. The van der Waals surface area contributed by atoms with Crippen LogP contribution in [0.2, 0.25) is 0 Å². The first-order valence-corrected chi connectivity index (χ1v) is 13.5. The first-order chi connectivity index (χ1) is 16.9. The summed E-state index contributed by atoms with van der Waals surface area (Å²) in [5, 5.41) is 2.78. The van der Waals surface area contributed by atoms with E-state index in [1.807, 2.05) is 57.2 Å². The van der Waals surface area contributed by atoms with Crippen LogP contribution in [0, 0.1) is 20.8 Å². The molecular weight excluding hydrogens is 472 g/mol. The van der Waals surface area contributed by atoms with Crippen LogP contribution in [0.1, 0.15) is 43.0 Å². The first-order valence-electron chi connectivity index (χ1n) is 12.0. The van der Waals surface area contributed by atoms with Crippen LogP contribution in [-0.4, -0.2) is 34.0 Å². The quantitative estimate of drug-likeness (QED) is 0.398. The number of aryl methyl sites for hydroxylation is 3. The molecular formula is C29H36N2O4S. The van der Waals surface area contributed by atoms with Crippen molar-refractivity contribution in [2.45, 2.75) is 51.9 Å². The Bertz CT molecular complexity index is 1290. The van der Waals surface area contributed by atoms with E-state index < -0.39 is 15.9 Å². The molecule has 0 atom stereocenters. The maximum Gasteiger partial charge on any atom is 0.264 e. The second-order valence-electron chi connectivity index (χ2n) is 10.1. The van der Waals surface area contributed by atoms with Crippen molar-refractivity contribution in [3.8, 4) is 5.75 Å². The average molecular weight is 509 g/mol. The van der Waals surface area contributed by atoms with E-state index in [-0.39, 0.29) is 30.0 Å². The van der Waals surface area contributed by atoms with Crippen LogP contribution < -0.4 is 14.4 Å². The molecule has 3 rings (SSSR count). The van der Waals surface area contributed by atoms with Gasteiger partial charge in [0.15, 0.2) is 0 Å². The summed E-state index contributed by atoms with van der Waals surface area (Å²) in [4.78, 5) is 13.0. The molecule has 0 saturated heterocycles. The number of hydrogen-bond acceptors (Lipinski definition) is 4. The molecule has 0 unspecified atom stereocenters. The average Bonchev–Trinajstić information content (AvgIpc) is 2.81. The number of benzene rings is 3. The van der Waals surface area contributed by atoms with E-state index in [2.05, 4.69) is 26.1 Å². The molecule has 3 aromatic carbocycles. The fourth-order valence-electron chi connectivity index (χ4n) is 3.82. The molecule has 192 valence electrons. The Morgan fingerprint density at radius 2 is 1.50 bits per heavy atom. The van der Waals surface area contributed by atoms with E-state index in [0.29, 0.717) is 5.69 Å². The Morgan fingerprint density at radius 1 is 0.889 bits per heavy atom. The van der Waals surface area contributed by atoms with E-state index in [9.17, 15) is 13.2 Å². The molecule has 0 aromatic heterocycles. The van der Waals surface area contributed by atoms with Gasteiger partial charge in [-0.2, -0.15) is 0 Å². The number of nitrogens with zero attached hydrogens (tertiary/aromatic N) is 1. The molecule has 0 radical (unpaired) electrons. The van der Waals surface area contributed by atoms with E-state index in [1.165, 1.54) is 9.87 Å². The molecule has 0 aliphatic carbocycles. The third kappa shape index (κ3) is 6.88. The van der Waals surface area contributed by atoms with Crippen molar-refractivity contribution in [3.63, 3.8) is 0 Å². The molecule has 0 aliphatic rings. The van der Waals surface area contributed by atoms with Crippen LogP contribution in [0.5, 0.6) is 5.75 Å². The first kappa shape index (κ1) is 27.3. The summed E-state index contributed by atoms with van der Waals surface area (Å²) in [6, 6.07) is 20.0. The lowest BCUT2D eigenvalue weighted by atomic mass is 9.87. The zero-order chi connectivity index (χ0) is 26.5. The van der Waals surface area contributed by atoms with E-state index in [1.54, 1.807) is 30.3 Å². The van der Waals surface area contributed by atoms with Crippen molar-refractivity contribution in [3.05, 3.63) is 89.0 Å². The van der Waals surface area contributed by atoms with Crippen LogP contribution >= 0.6 is 0 Å². The molecule has 6 nitrogen and oxygen atoms in total. The Hall–Kier alpha value is -3.32. The molecule has 0 aliphatic heterocycles. The summed E-state index contributed by atoms with van der Waals surface area (Å²) in [5.41, 5.74) is 4.50. The van der Waals surface area contributed by atoms with Crippen LogP contribution in [0.4, 0.5) is 5.69 Å². The third-order valence-corrected chi connectivity index (χ3v) is 7.70. The number of sulfonamides is 1. The Morgan fingerprint density at radius 3 is 2.08 bits per heavy atom. The van der Waals surface area contributed by atoms with Gasteiger partial charge in [-0.1, -0.05) is 68.3 Å². The second-order valence-corrected chi connectivity index (χ2v) is 11.9. The van der Waals surface area contributed by atoms with Gasteiger partial charge >= 0.3 is 0 Å². The monoisotopic (exact) mass is 508 g/mol. The van der Waals surface area contributed by atoms with Crippen LogP contribution in [-0.2, 0) is 20.2 Å². The van der Waals surface area contributed by atoms with Gasteiger partial charge in [-0.15, -0.1) is 0 Å². The maximum absolute atomic E-state index is 13.6. The highest BCUT2D eigenvalue weighted by atomic mass is 32.2. The van der Waals surface area contributed by atoms with Gasteiger partial charge in [0.05, 0.1) is 17.1 Å². The summed E-state index contributed by atoms with van der Waals surface area (Å²) >= 11 is 0. The number of ether oxygens (including phenoxy) is 1. The van der Waals surface area contributed by atoms with Gasteiger partial charge in [-0.05, 0) is 67.6 Å². The number of amides is 1. The van der Waals surface area contributed by atoms with Crippen molar-refractivity contribution in [2.24, 2.45) is 0 Å². The molecule has 1 N–H and O–H groups in total. The Labute approximate surface area is 215 Å². The minimum atomic E-state index is -3.95. The summed E-state index contributed by atoms with van der Waals surface area (Å²) < 4.78 is 34.0. The maximum atomic E-state index is 13.6. The Balaban J connectivity index is 1.69. The lowest BCUT2D eigenvalue weighted by Crippen LogP contribution is -2.42. The lowest BCUT2D eigenvalue weighted by Gasteiger charge is -2.26. The highest BCUT2D eigenvalue weighted by molar-refractivity contribution is 7.92. The van der Waals surface area contributed by atoms with Gasteiger partial charge in [-0.3, -0.25) is 9.10 Å². The van der Waals surface area contributed by atoms with Crippen molar-refractivity contribution in [2.75, 3.05) is 24.0 Å². The van der Waals surface area contributed by atoms with Gasteiger partial charge in [0, 0.05) is 0 Å². The predicted molar refractivity (Wildman–Crippen MR) is 145 cm³/mol. The van der Waals surface area contributed by atoms with E-state index in [0.717, 1.165) is 22.4 Å². The highest BCUT2D eigenvalue weighted by Crippen LogP contribution is 2.28. The fourth-order valence-corrected chi connectivity index (χ4v) is 5.30. The molecule has 0 saturated carbocycles. The number of carbonyl (C=O) groups excluding carboxylic acids is 1. The second kappa shape index (κ2) is 11.2. The van der Waals surface area contributed by atoms with Crippen molar-refractivity contribution in [1.82, 2.24) is 5.32 Å². The van der Waals surface area contributed by atoms with Gasteiger partial charge in [0.1, 0.15) is 18.9 Å². The SMILES string of the molecule is Cc1ccc(S(=O)(=O)N(CC(=O)NCCOc2ccc(C(C)(C)C)cc2)c2ccc(C)cc2C)cc1. The highest BCUT2D eigenvalue weighted by Gasteiger charge is 2.28. The number of nitrogens with one attached hydrogen (secondary N) is 1. The van der Waals surface area contributed by atoms with E-state index in [4.69, 9.17) is 4.74 Å². The minimum Gasteiger partial charge on any atom is -0.492 e. The predicted octanol–water partition coefficient (Wildman–Crippen LogP) is 5.30. The molecule has 0 fully saturated rings. The summed E-state index contributed by atoms with van der Waals surface area (Å²) in [6.07, 6.45) is 0. The number of hydrogen-bond donors (Lipinski definition) is 1. The van der Waals surface area contributed by atoms with Crippen LogP contribution in [0.15, 0.2) is 71.6 Å². The van der Waals surface area contributed by atoms with Gasteiger partial charge in [-0.25, -0.2) is 8.42 Å². The molecule has 0 spiro atoms. The summed E-state index contributed by atoms with van der Waals surface area (Å²) in [6.45, 7) is 12.3. The zero-order valence-corrected chi connectivity index (χ0v) is 22.8. The Kier molecular flexibility index (Phi) is 8.46. The number of carbonyl (C=O) groups is 1. The van der Waals surface area contributed by atoms with Gasteiger partial charge < -0.3 is 10.1 Å². The summed E-state index contributed by atoms with van der Waals surface area (Å²) in [5.74, 6) is 0.313. The standard InChI is InChI=1S/C29H36N2O4S/c1-21-7-14-26(15-8-21)36(33,34)31(27-16-9-22(2)19-23(27)3)20-28(32)30-17-18-35-25-12-10-24(11-13-25)29(4,5)6/h7-16,19H,17-18,20H2,1-6H3,(H,30,32). The topological polar surface area (TPSA) is 75.7 Å². The van der Waals surface area contributed by atoms with Crippen molar-refractivity contribution in [1.29, 1.82) is 0 Å². The number of anilines is 1. The van der Waals surface area contributed by atoms with Crippen molar-refractivity contribution >= 4 is 21.6 Å². The van der Waals surface area contributed by atoms with Gasteiger partial charge in [0.25, 0.3) is 10.0 Å². The fraction of sp³-hybridized carbons (Fsp3) is 0.345. The normalized spacial score (nSPS) is 11.7. The number of rotatable bonds is 9. The van der Waals surface area contributed by atoms with Crippen LogP contribution in [0.25, 0.3) is 0 Å². The third-order valence-electron chi connectivity index (χ3n) is 5.93. The zero-order valence-electron chi connectivity index (χ0n) is 22.0. The van der Waals surface area contributed by atoms with Gasteiger partial charge in [0.2, 0.25) is 5.91 Å².